The first-order valence-corrected chi connectivity index (χ1v) is 14.0. The van der Waals surface area contributed by atoms with Crippen LogP contribution in [0.25, 0.3) is 0 Å². The van der Waals surface area contributed by atoms with E-state index in [-0.39, 0.29) is 45.2 Å². The molecule has 242 valence electrons. The predicted octanol–water partition coefficient (Wildman–Crippen LogP) is 1.14. The van der Waals surface area contributed by atoms with Gasteiger partial charge in [-0.25, -0.2) is 29.7 Å². The highest BCUT2D eigenvalue weighted by Gasteiger charge is 2.14. The molecular weight excluding hydrogens is 584 g/mol. The number of hydroxylamine groups is 4. The molecule has 0 unspecified atom stereocenters. The standard InChI is InChI=1S/C18H23N5O3.C11H17N5O3/c1-2-23(26-13-14-6-4-3-5-7-14)17(24)12-22-18(25)21-11-15-8-9-16(19)20-10-15;1-2-16(19)10(17)7-15-11(18)14-6-8-3-4-9(12)13-5-8/h3-10H,2,11-13H2,1H3,(H2,19,20)(H2,21,22,25);3-5,19H,2,6-7H2,1H3,(H2,12,13)(H2,14,15,18). The van der Waals surface area contributed by atoms with Crippen molar-refractivity contribution in [2.75, 3.05) is 37.6 Å². The number of hydrogen-bond acceptors (Lipinski definition) is 10. The Morgan fingerprint density at radius 2 is 1.22 bits per heavy atom. The fourth-order valence-electron chi connectivity index (χ4n) is 3.30. The van der Waals surface area contributed by atoms with E-state index in [1.54, 1.807) is 50.5 Å². The molecule has 1 aromatic carbocycles. The average Bonchev–Trinajstić information content (AvgIpc) is 3.06. The highest BCUT2D eigenvalue weighted by atomic mass is 16.7. The molecule has 9 N–H and O–H groups in total. The molecule has 16 heteroatoms. The number of rotatable bonds is 13. The maximum absolute atomic E-state index is 12.1. The molecule has 2 heterocycles. The van der Waals surface area contributed by atoms with Gasteiger partial charge in [0.05, 0.1) is 0 Å². The maximum atomic E-state index is 12.1. The minimum absolute atomic E-state index is 0.158. The van der Waals surface area contributed by atoms with Gasteiger partial charge in [-0.05, 0) is 42.7 Å². The van der Waals surface area contributed by atoms with Crippen LogP contribution in [0.3, 0.4) is 0 Å². The van der Waals surface area contributed by atoms with Crippen LogP contribution in [-0.4, -0.2) is 75.4 Å². The van der Waals surface area contributed by atoms with Crippen LogP contribution in [0.1, 0.15) is 30.5 Å². The number of amides is 6. The SMILES string of the molecule is CCN(O)C(=O)CNC(=O)NCc1ccc(N)nc1.CCN(OCc1ccccc1)C(=O)CNC(=O)NCc1ccc(N)nc1. The number of nitrogen functional groups attached to an aromatic ring is 2. The molecule has 45 heavy (non-hydrogen) atoms. The first-order chi connectivity index (χ1) is 21.6. The van der Waals surface area contributed by atoms with Crippen LogP contribution in [0.2, 0.25) is 0 Å². The van der Waals surface area contributed by atoms with Crippen LogP contribution in [0, 0.1) is 0 Å². The van der Waals surface area contributed by atoms with Crippen molar-refractivity contribution in [3.05, 3.63) is 83.7 Å². The lowest BCUT2D eigenvalue weighted by atomic mass is 10.2. The van der Waals surface area contributed by atoms with E-state index in [1.165, 1.54) is 5.06 Å². The number of nitrogens with zero attached hydrogens (tertiary/aromatic N) is 4. The Balaban J connectivity index is 0.000000330. The third-order valence-electron chi connectivity index (χ3n) is 5.78. The second-order valence-corrected chi connectivity index (χ2v) is 9.21. The lowest BCUT2D eigenvalue weighted by molar-refractivity contribution is -0.189. The van der Waals surface area contributed by atoms with Crippen molar-refractivity contribution in [1.29, 1.82) is 0 Å². The number of aromatic nitrogens is 2. The van der Waals surface area contributed by atoms with Gasteiger partial charge in [0, 0.05) is 38.6 Å². The molecule has 0 saturated carbocycles. The quantitative estimate of drug-likeness (QED) is 0.106. The Kier molecular flexibility index (Phi) is 15.6. The van der Waals surface area contributed by atoms with Gasteiger partial charge < -0.3 is 32.7 Å². The zero-order valence-electron chi connectivity index (χ0n) is 25.2. The molecule has 0 spiro atoms. The normalized spacial score (nSPS) is 10.0. The average molecular weight is 625 g/mol. The second kappa shape index (κ2) is 19.7. The highest BCUT2D eigenvalue weighted by Crippen LogP contribution is 2.04. The van der Waals surface area contributed by atoms with Gasteiger partial charge in [0.1, 0.15) is 31.3 Å². The second-order valence-electron chi connectivity index (χ2n) is 9.21. The number of hydrogen-bond donors (Lipinski definition) is 7. The van der Waals surface area contributed by atoms with Crippen LogP contribution in [0.4, 0.5) is 21.2 Å². The summed E-state index contributed by atoms with van der Waals surface area (Å²) >= 11 is 0. The van der Waals surface area contributed by atoms with E-state index in [9.17, 15) is 19.2 Å². The molecule has 3 aromatic rings. The summed E-state index contributed by atoms with van der Waals surface area (Å²) < 4.78 is 0. The summed E-state index contributed by atoms with van der Waals surface area (Å²) in [5.41, 5.74) is 13.5. The summed E-state index contributed by atoms with van der Waals surface area (Å²) in [7, 11) is 0. The van der Waals surface area contributed by atoms with Gasteiger partial charge in [-0.15, -0.1) is 0 Å². The fourth-order valence-corrected chi connectivity index (χ4v) is 3.30. The number of urea groups is 2. The Morgan fingerprint density at radius 3 is 1.67 bits per heavy atom. The number of nitrogens with one attached hydrogen (secondary N) is 4. The summed E-state index contributed by atoms with van der Waals surface area (Å²) in [6.45, 7) is 4.38. The predicted molar refractivity (Wildman–Crippen MR) is 166 cm³/mol. The zero-order valence-corrected chi connectivity index (χ0v) is 25.2. The van der Waals surface area contributed by atoms with Gasteiger partial charge in [0.15, 0.2) is 0 Å². The van der Waals surface area contributed by atoms with Crippen molar-refractivity contribution in [2.45, 2.75) is 33.5 Å². The van der Waals surface area contributed by atoms with E-state index in [1.807, 2.05) is 30.3 Å². The van der Waals surface area contributed by atoms with Gasteiger partial charge in [-0.1, -0.05) is 42.5 Å². The number of benzene rings is 1. The zero-order chi connectivity index (χ0) is 33.0. The fraction of sp³-hybridized carbons (Fsp3) is 0.310. The van der Waals surface area contributed by atoms with Gasteiger partial charge in [0.25, 0.3) is 11.8 Å². The van der Waals surface area contributed by atoms with Crippen molar-refractivity contribution in [3.63, 3.8) is 0 Å². The number of anilines is 2. The molecule has 0 aliphatic rings. The molecule has 0 aliphatic heterocycles. The topological polar surface area (TPSA) is 230 Å². The lowest BCUT2D eigenvalue weighted by Crippen LogP contribution is -2.43. The van der Waals surface area contributed by atoms with Crippen molar-refractivity contribution in [2.24, 2.45) is 0 Å². The van der Waals surface area contributed by atoms with E-state index in [0.717, 1.165) is 16.7 Å². The minimum atomic E-state index is -0.577. The molecule has 6 amide bonds. The molecular formula is C29H40N10O6. The number of carbonyl (C=O) groups is 4. The number of carbonyl (C=O) groups excluding carboxylic acids is 4. The van der Waals surface area contributed by atoms with Gasteiger partial charge >= 0.3 is 12.1 Å². The molecule has 16 nitrogen and oxygen atoms in total. The van der Waals surface area contributed by atoms with Crippen LogP contribution in [-0.2, 0) is 34.1 Å². The smallest absolute Gasteiger partial charge is 0.315 e. The van der Waals surface area contributed by atoms with E-state index in [0.29, 0.717) is 23.2 Å². The van der Waals surface area contributed by atoms with Gasteiger partial charge in [0.2, 0.25) is 0 Å². The maximum Gasteiger partial charge on any atom is 0.315 e. The van der Waals surface area contributed by atoms with Crippen LogP contribution in [0.5, 0.6) is 0 Å². The molecule has 2 aromatic heterocycles. The van der Waals surface area contributed by atoms with Crippen LogP contribution < -0.4 is 32.7 Å². The molecule has 3 rings (SSSR count). The summed E-state index contributed by atoms with van der Waals surface area (Å²) in [5, 5.41) is 20.9. The molecule has 0 radical (unpaired) electrons. The van der Waals surface area contributed by atoms with Crippen LogP contribution >= 0.6 is 0 Å². The Labute approximate surface area is 261 Å². The van der Waals surface area contributed by atoms with E-state index in [2.05, 4.69) is 31.2 Å². The van der Waals surface area contributed by atoms with E-state index < -0.39 is 18.0 Å². The van der Waals surface area contributed by atoms with Crippen molar-refractivity contribution in [1.82, 2.24) is 41.4 Å². The molecule has 0 bridgehead atoms. The van der Waals surface area contributed by atoms with Crippen molar-refractivity contribution >= 4 is 35.5 Å². The lowest BCUT2D eigenvalue weighted by Gasteiger charge is -2.20. The number of likely N-dealkylation sites (N-methyl/N-ethyl adjacent to an activating group) is 2. The summed E-state index contributed by atoms with van der Waals surface area (Å²) in [6, 6.07) is 15.4. The van der Waals surface area contributed by atoms with Crippen molar-refractivity contribution < 1.29 is 29.2 Å². The monoisotopic (exact) mass is 624 g/mol. The minimum Gasteiger partial charge on any atom is -0.384 e. The third kappa shape index (κ3) is 14.5. The number of pyridine rings is 2. The van der Waals surface area contributed by atoms with Crippen molar-refractivity contribution in [3.8, 4) is 0 Å². The summed E-state index contributed by atoms with van der Waals surface area (Å²) in [5.74, 6) is -0.0834. The Bertz CT molecular complexity index is 1340. The largest absolute Gasteiger partial charge is 0.384 e. The first-order valence-electron chi connectivity index (χ1n) is 14.0. The molecule has 0 fully saturated rings. The van der Waals surface area contributed by atoms with E-state index >= 15 is 0 Å². The van der Waals surface area contributed by atoms with Gasteiger partial charge in [-0.2, -0.15) is 0 Å². The van der Waals surface area contributed by atoms with Crippen LogP contribution in [0.15, 0.2) is 67.0 Å². The van der Waals surface area contributed by atoms with E-state index in [4.69, 9.17) is 21.5 Å². The molecule has 0 saturated heterocycles. The molecule has 0 aliphatic carbocycles. The first kappa shape index (κ1) is 35.7. The number of nitrogens with two attached hydrogens (primary N) is 2. The molecule has 0 atom stereocenters. The highest BCUT2D eigenvalue weighted by molar-refractivity contribution is 5.84. The summed E-state index contributed by atoms with van der Waals surface area (Å²) in [6.07, 6.45) is 3.13. The summed E-state index contributed by atoms with van der Waals surface area (Å²) in [4.78, 5) is 59.8. The third-order valence-corrected chi connectivity index (χ3v) is 5.78. The van der Waals surface area contributed by atoms with Gasteiger partial charge in [-0.3, -0.25) is 19.6 Å². The Morgan fingerprint density at radius 1 is 0.711 bits per heavy atom. The Hall–Kier alpha value is -5.48.